The summed E-state index contributed by atoms with van der Waals surface area (Å²) in [6.07, 6.45) is 1.92. The van der Waals surface area contributed by atoms with Gasteiger partial charge in [-0.3, -0.25) is 4.79 Å². The maximum absolute atomic E-state index is 11.1. The van der Waals surface area contributed by atoms with Gasteiger partial charge in [-0.1, -0.05) is 13.3 Å². The van der Waals surface area contributed by atoms with Gasteiger partial charge in [0.1, 0.15) is 0 Å². The minimum Gasteiger partial charge on any atom is -0.343 e. The first-order valence-electron chi connectivity index (χ1n) is 4.05. The van der Waals surface area contributed by atoms with Crippen LogP contribution in [0.5, 0.6) is 0 Å². The van der Waals surface area contributed by atoms with Crippen molar-refractivity contribution < 1.29 is 4.79 Å². The highest BCUT2D eigenvalue weighted by atomic mass is 16.2. The second-order valence-electron chi connectivity index (χ2n) is 2.91. The van der Waals surface area contributed by atoms with Gasteiger partial charge >= 0.3 is 0 Å². The van der Waals surface area contributed by atoms with Gasteiger partial charge in [0.15, 0.2) is 0 Å². The minimum absolute atomic E-state index is 0.342. The molecule has 0 saturated carbocycles. The van der Waals surface area contributed by atoms with Crippen LogP contribution >= 0.6 is 0 Å². The number of carbonyl (C=O) groups is 1. The Morgan fingerprint density at radius 2 is 2.30 bits per heavy atom. The molecule has 1 saturated heterocycles. The summed E-state index contributed by atoms with van der Waals surface area (Å²) in [6, 6.07) is 0. The van der Waals surface area contributed by atoms with Crippen molar-refractivity contribution in [2.24, 2.45) is 5.92 Å². The largest absolute Gasteiger partial charge is 0.343 e. The monoisotopic (exact) mass is 141 g/mol. The topological polar surface area (TPSA) is 20.3 Å². The zero-order chi connectivity index (χ0) is 7.56. The molecule has 1 atom stereocenters. The number of hydrogen-bond acceptors (Lipinski definition) is 1. The van der Waals surface area contributed by atoms with Gasteiger partial charge in [-0.25, -0.2) is 0 Å². The van der Waals surface area contributed by atoms with E-state index in [1.165, 1.54) is 0 Å². The summed E-state index contributed by atoms with van der Waals surface area (Å²) >= 11 is 0. The minimum atomic E-state index is 0.342. The maximum atomic E-state index is 11.1. The van der Waals surface area contributed by atoms with E-state index in [-0.39, 0.29) is 0 Å². The highest BCUT2D eigenvalue weighted by Gasteiger charge is 2.26. The van der Waals surface area contributed by atoms with Crippen molar-refractivity contribution in [2.75, 3.05) is 13.1 Å². The summed E-state index contributed by atoms with van der Waals surface area (Å²) < 4.78 is 0. The molecular formula is C8H15NO. The summed E-state index contributed by atoms with van der Waals surface area (Å²) in [4.78, 5) is 13.0. The van der Waals surface area contributed by atoms with E-state index in [1.807, 2.05) is 11.8 Å². The molecule has 0 aromatic carbocycles. The van der Waals surface area contributed by atoms with Crippen molar-refractivity contribution in [3.8, 4) is 0 Å². The quantitative estimate of drug-likeness (QED) is 0.567. The van der Waals surface area contributed by atoms with E-state index in [1.54, 1.807) is 0 Å². The first-order chi connectivity index (χ1) is 4.77. The van der Waals surface area contributed by atoms with E-state index >= 15 is 0 Å². The first kappa shape index (κ1) is 7.58. The van der Waals surface area contributed by atoms with Gasteiger partial charge < -0.3 is 4.90 Å². The van der Waals surface area contributed by atoms with Gasteiger partial charge in [0, 0.05) is 19.5 Å². The van der Waals surface area contributed by atoms with E-state index in [4.69, 9.17) is 0 Å². The lowest BCUT2D eigenvalue weighted by molar-refractivity contribution is -0.127. The third-order valence-electron chi connectivity index (χ3n) is 2.25. The summed E-state index contributed by atoms with van der Waals surface area (Å²) in [7, 11) is 0. The molecule has 0 spiro atoms. The Hall–Kier alpha value is -0.530. The Kier molecular flexibility index (Phi) is 2.30. The average molecular weight is 141 g/mol. The molecule has 0 aromatic rings. The molecule has 1 fully saturated rings. The van der Waals surface area contributed by atoms with Crippen LogP contribution in [-0.4, -0.2) is 23.9 Å². The number of amides is 1. The van der Waals surface area contributed by atoms with Gasteiger partial charge in [0.2, 0.25) is 5.91 Å². The van der Waals surface area contributed by atoms with Crippen LogP contribution in [0.4, 0.5) is 0 Å². The lowest BCUT2D eigenvalue weighted by Gasteiger charge is -2.12. The Bertz CT molecular complexity index is 133. The molecule has 1 amide bonds. The van der Waals surface area contributed by atoms with Crippen molar-refractivity contribution in [2.45, 2.75) is 26.7 Å². The van der Waals surface area contributed by atoms with E-state index in [9.17, 15) is 4.79 Å². The fourth-order valence-corrected chi connectivity index (χ4v) is 1.43. The van der Waals surface area contributed by atoms with Crippen molar-refractivity contribution in [3.05, 3.63) is 0 Å². The van der Waals surface area contributed by atoms with E-state index in [0.717, 1.165) is 25.9 Å². The highest BCUT2D eigenvalue weighted by molar-refractivity contribution is 5.78. The molecule has 1 unspecified atom stereocenters. The van der Waals surface area contributed by atoms with Crippen molar-refractivity contribution in [3.63, 3.8) is 0 Å². The predicted molar refractivity (Wildman–Crippen MR) is 40.7 cm³/mol. The van der Waals surface area contributed by atoms with Gasteiger partial charge in [0.25, 0.3) is 0 Å². The molecule has 0 N–H and O–H groups in total. The standard InChI is InChI=1S/C8H15NO/c1-3-7-5-8(10)9(4-2)6-7/h7H,3-6H2,1-2H3. The first-order valence-corrected chi connectivity index (χ1v) is 4.05. The van der Waals surface area contributed by atoms with Crippen LogP contribution in [0, 0.1) is 5.92 Å². The highest BCUT2D eigenvalue weighted by Crippen LogP contribution is 2.19. The number of likely N-dealkylation sites (tertiary alicyclic amines) is 1. The molecule has 2 nitrogen and oxygen atoms in total. The van der Waals surface area contributed by atoms with Crippen molar-refractivity contribution in [1.82, 2.24) is 4.90 Å². The summed E-state index contributed by atoms with van der Waals surface area (Å²) in [6.45, 7) is 6.06. The Balaban J connectivity index is 2.44. The molecule has 1 rings (SSSR count). The Labute approximate surface area is 62.2 Å². The molecular weight excluding hydrogens is 126 g/mol. The third kappa shape index (κ3) is 1.31. The maximum Gasteiger partial charge on any atom is 0.222 e. The molecule has 0 aromatic heterocycles. The predicted octanol–water partition coefficient (Wildman–Crippen LogP) is 1.26. The summed E-state index contributed by atoms with van der Waals surface area (Å²) in [5.74, 6) is 0.974. The van der Waals surface area contributed by atoms with Crippen LogP contribution in [0.1, 0.15) is 26.7 Å². The zero-order valence-corrected chi connectivity index (χ0v) is 6.76. The normalized spacial score (nSPS) is 26.0. The van der Waals surface area contributed by atoms with Crippen LogP contribution in [0.3, 0.4) is 0 Å². The molecule has 1 heterocycles. The zero-order valence-electron chi connectivity index (χ0n) is 6.76. The average Bonchev–Trinajstić information content (AvgIpc) is 2.30. The lowest BCUT2D eigenvalue weighted by atomic mass is 10.1. The molecule has 2 heteroatoms. The second kappa shape index (κ2) is 3.04. The van der Waals surface area contributed by atoms with Gasteiger partial charge in [-0.2, -0.15) is 0 Å². The van der Waals surface area contributed by atoms with E-state index < -0.39 is 0 Å². The second-order valence-corrected chi connectivity index (χ2v) is 2.91. The number of nitrogens with zero attached hydrogens (tertiary/aromatic N) is 1. The molecule has 1 aliphatic rings. The van der Waals surface area contributed by atoms with Gasteiger partial charge in [-0.05, 0) is 12.8 Å². The molecule has 10 heavy (non-hydrogen) atoms. The number of carbonyl (C=O) groups excluding carboxylic acids is 1. The molecule has 1 aliphatic heterocycles. The molecule has 0 bridgehead atoms. The Morgan fingerprint density at radius 1 is 1.60 bits per heavy atom. The smallest absolute Gasteiger partial charge is 0.222 e. The van der Waals surface area contributed by atoms with E-state index in [0.29, 0.717) is 11.8 Å². The molecule has 0 aliphatic carbocycles. The fraction of sp³-hybridized carbons (Fsp3) is 0.875. The van der Waals surface area contributed by atoms with E-state index in [2.05, 4.69) is 6.92 Å². The lowest BCUT2D eigenvalue weighted by Crippen LogP contribution is -2.24. The molecule has 0 radical (unpaired) electrons. The van der Waals surface area contributed by atoms with Crippen LogP contribution in [-0.2, 0) is 4.79 Å². The van der Waals surface area contributed by atoms with Crippen LogP contribution in [0.15, 0.2) is 0 Å². The van der Waals surface area contributed by atoms with Crippen LogP contribution < -0.4 is 0 Å². The third-order valence-corrected chi connectivity index (χ3v) is 2.25. The van der Waals surface area contributed by atoms with Gasteiger partial charge in [0.05, 0.1) is 0 Å². The van der Waals surface area contributed by atoms with Crippen LogP contribution in [0.2, 0.25) is 0 Å². The SMILES string of the molecule is CCC1CC(=O)N(CC)C1. The Morgan fingerprint density at radius 3 is 2.60 bits per heavy atom. The van der Waals surface area contributed by atoms with Crippen molar-refractivity contribution >= 4 is 5.91 Å². The fourth-order valence-electron chi connectivity index (χ4n) is 1.43. The number of rotatable bonds is 2. The van der Waals surface area contributed by atoms with Crippen molar-refractivity contribution in [1.29, 1.82) is 0 Å². The molecule has 58 valence electrons. The van der Waals surface area contributed by atoms with Gasteiger partial charge in [-0.15, -0.1) is 0 Å². The summed E-state index contributed by atoms with van der Waals surface area (Å²) in [5, 5.41) is 0. The summed E-state index contributed by atoms with van der Waals surface area (Å²) in [5.41, 5.74) is 0. The van der Waals surface area contributed by atoms with Crippen LogP contribution in [0.25, 0.3) is 0 Å². The number of hydrogen-bond donors (Lipinski definition) is 0.